The molecule has 3 aromatic rings. The lowest BCUT2D eigenvalue weighted by Gasteiger charge is -2.14. The average Bonchev–Trinajstić information content (AvgIpc) is 2.77. The first-order chi connectivity index (χ1) is 16.4. The smallest absolute Gasteiger partial charge is 0.349 e. The van der Waals surface area contributed by atoms with Gasteiger partial charge in [-0.15, -0.1) is 0 Å². The van der Waals surface area contributed by atoms with Crippen molar-refractivity contribution >= 4 is 77.2 Å². The van der Waals surface area contributed by atoms with Gasteiger partial charge in [-0.1, -0.05) is 18.2 Å². The van der Waals surface area contributed by atoms with Crippen molar-refractivity contribution in [2.75, 3.05) is 6.61 Å². The number of amides is 1. The van der Waals surface area contributed by atoms with Gasteiger partial charge in [0.2, 0.25) is 0 Å². The molecule has 3 rings (SSSR count). The third-order valence-corrected chi connectivity index (χ3v) is 8.93. The Kier molecular flexibility index (Phi) is 8.73. The number of ether oxygens (including phenoxy) is 2. The molecular formula is C21H14I2NO9S2-. The maximum atomic E-state index is 12.3. The highest BCUT2D eigenvalue weighted by Gasteiger charge is 2.19. The van der Waals surface area contributed by atoms with Crippen LogP contribution in [0.25, 0.3) is 0 Å². The third kappa shape index (κ3) is 7.35. The first kappa shape index (κ1) is 27.3. The van der Waals surface area contributed by atoms with Crippen molar-refractivity contribution in [3.63, 3.8) is 0 Å². The number of carbonyl (C=O) groups excluding carboxylic acids is 2. The number of hydrogen-bond donors (Lipinski definition) is 1. The van der Waals surface area contributed by atoms with Crippen molar-refractivity contribution < 1.29 is 40.5 Å². The fourth-order valence-electron chi connectivity index (χ4n) is 2.68. The first-order valence-electron chi connectivity index (χ1n) is 9.37. The van der Waals surface area contributed by atoms with Gasteiger partial charge in [-0.05, 0) is 93.7 Å². The van der Waals surface area contributed by atoms with Crippen molar-refractivity contribution in [2.24, 2.45) is 0 Å². The molecule has 0 aliphatic carbocycles. The molecule has 3 aromatic carbocycles. The maximum Gasteiger partial charge on any atom is 0.349 e. The SMILES string of the molecule is O=C(COc1cc(I)c(S(=O)(=O)[O-])c(I)c1)Oc1ccc(C(=O)NS(=O)(=O)c2ccccc2)cc1. The van der Waals surface area contributed by atoms with Crippen molar-refractivity contribution in [1.82, 2.24) is 4.72 Å². The number of nitrogens with one attached hydrogen (secondary N) is 1. The molecule has 0 aliphatic heterocycles. The van der Waals surface area contributed by atoms with E-state index in [9.17, 15) is 31.0 Å². The molecule has 0 saturated heterocycles. The van der Waals surface area contributed by atoms with Gasteiger partial charge in [0.25, 0.3) is 15.9 Å². The zero-order valence-corrected chi connectivity index (χ0v) is 23.3. The Bertz CT molecular complexity index is 1450. The van der Waals surface area contributed by atoms with E-state index in [0.717, 1.165) is 0 Å². The van der Waals surface area contributed by atoms with Crippen molar-refractivity contribution in [3.8, 4) is 11.5 Å². The third-order valence-electron chi connectivity index (χ3n) is 4.21. The van der Waals surface area contributed by atoms with Crippen molar-refractivity contribution in [1.29, 1.82) is 0 Å². The van der Waals surface area contributed by atoms with E-state index in [2.05, 4.69) is 0 Å². The molecule has 0 aromatic heterocycles. The topological polar surface area (TPSA) is 156 Å². The minimum atomic E-state index is -4.66. The largest absolute Gasteiger partial charge is 0.744 e. The molecule has 0 atom stereocenters. The molecular weight excluding hydrogens is 728 g/mol. The second kappa shape index (κ2) is 11.2. The second-order valence-corrected chi connectivity index (χ2v) is 12.0. The summed E-state index contributed by atoms with van der Waals surface area (Å²) in [6.45, 7) is -0.521. The summed E-state index contributed by atoms with van der Waals surface area (Å²) in [7, 11) is -8.70. The zero-order valence-electron chi connectivity index (χ0n) is 17.3. The van der Waals surface area contributed by atoms with E-state index in [1.807, 2.05) is 4.72 Å². The highest BCUT2D eigenvalue weighted by molar-refractivity contribution is 14.1. The number of carbonyl (C=O) groups is 2. The Morgan fingerprint density at radius 2 is 1.43 bits per heavy atom. The molecule has 0 radical (unpaired) electrons. The zero-order chi connectivity index (χ0) is 25.8. The van der Waals surface area contributed by atoms with Gasteiger partial charge in [-0.2, -0.15) is 0 Å². The van der Waals surface area contributed by atoms with Crippen LogP contribution in [-0.4, -0.2) is 39.9 Å². The molecule has 35 heavy (non-hydrogen) atoms. The lowest BCUT2D eigenvalue weighted by atomic mass is 10.2. The van der Waals surface area contributed by atoms with Crippen LogP contribution in [0.1, 0.15) is 10.4 Å². The fourth-order valence-corrected chi connectivity index (χ4v) is 7.60. The van der Waals surface area contributed by atoms with Crippen LogP contribution in [0, 0.1) is 7.14 Å². The van der Waals surface area contributed by atoms with Gasteiger partial charge in [0, 0.05) is 12.7 Å². The molecule has 10 nitrogen and oxygen atoms in total. The van der Waals surface area contributed by atoms with Gasteiger partial charge >= 0.3 is 5.97 Å². The average molecular weight is 742 g/mol. The Morgan fingerprint density at radius 3 is 1.97 bits per heavy atom. The Morgan fingerprint density at radius 1 is 0.857 bits per heavy atom. The van der Waals surface area contributed by atoms with Crippen LogP contribution >= 0.6 is 45.2 Å². The molecule has 0 fully saturated rings. The van der Waals surface area contributed by atoms with Gasteiger partial charge < -0.3 is 14.0 Å². The van der Waals surface area contributed by atoms with E-state index in [-0.39, 0.29) is 34.0 Å². The summed E-state index contributed by atoms with van der Waals surface area (Å²) in [6.07, 6.45) is 0. The number of benzene rings is 3. The molecule has 184 valence electrons. The molecule has 0 aliphatic rings. The number of rotatable bonds is 8. The summed E-state index contributed by atoms with van der Waals surface area (Å²) in [5.41, 5.74) is 0.0260. The van der Waals surface area contributed by atoms with Gasteiger partial charge in [-0.3, -0.25) is 4.79 Å². The van der Waals surface area contributed by atoms with Gasteiger partial charge in [-0.25, -0.2) is 26.4 Å². The molecule has 0 bridgehead atoms. The number of sulfonamides is 1. The summed E-state index contributed by atoms with van der Waals surface area (Å²) < 4.78 is 71.2. The molecule has 0 spiro atoms. The second-order valence-electron chi connectivity index (χ2n) is 6.70. The lowest BCUT2D eigenvalue weighted by Crippen LogP contribution is -2.30. The van der Waals surface area contributed by atoms with Crippen LogP contribution in [0.5, 0.6) is 11.5 Å². The summed E-state index contributed by atoms with van der Waals surface area (Å²) in [5, 5.41) is 0. The standard InChI is InChI=1S/C21H15I2NO9S2/c22-17-10-15(11-18(23)20(17)35(29,30)31)32-12-19(25)33-14-8-6-13(7-9-14)21(26)24-34(27,28)16-4-2-1-3-5-16/h1-11H,12H2,(H,24,26)(H,29,30,31)/p-1. The van der Waals surface area contributed by atoms with Crippen LogP contribution in [0.3, 0.4) is 0 Å². The maximum absolute atomic E-state index is 12.3. The van der Waals surface area contributed by atoms with Crippen LogP contribution < -0.4 is 14.2 Å². The number of esters is 1. The summed E-state index contributed by atoms with van der Waals surface area (Å²) in [4.78, 5) is 24.0. The van der Waals surface area contributed by atoms with Crippen LogP contribution in [-0.2, 0) is 24.9 Å². The highest BCUT2D eigenvalue weighted by atomic mass is 127. The quantitative estimate of drug-likeness (QED) is 0.159. The van der Waals surface area contributed by atoms with Crippen LogP contribution in [0.15, 0.2) is 76.5 Å². The van der Waals surface area contributed by atoms with Crippen LogP contribution in [0.4, 0.5) is 0 Å². The summed E-state index contributed by atoms with van der Waals surface area (Å²) in [6, 6.07) is 15.2. The molecule has 1 amide bonds. The van der Waals surface area contributed by atoms with Crippen LogP contribution in [0.2, 0.25) is 0 Å². The number of halogens is 2. The van der Waals surface area contributed by atoms with E-state index in [4.69, 9.17) is 9.47 Å². The Balaban J connectivity index is 1.59. The fraction of sp³-hybridized carbons (Fsp3) is 0.0476. The van der Waals surface area contributed by atoms with Gasteiger partial charge in [0.15, 0.2) is 6.61 Å². The first-order valence-corrected chi connectivity index (χ1v) is 14.4. The van der Waals surface area contributed by atoms with Gasteiger partial charge in [0.1, 0.15) is 21.6 Å². The highest BCUT2D eigenvalue weighted by Crippen LogP contribution is 2.29. The van der Waals surface area contributed by atoms with E-state index < -0.39 is 38.6 Å². The van der Waals surface area contributed by atoms with Crippen molar-refractivity contribution in [2.45, 2.75) is 9.79 Å². The van der Waals surface area contributed by atoms with Gasteiger partial charge in [0.05, 0.1) is 9.79 Å². The summed E-state index contributed by atoms with van der Waals surface area (Å²) in [5.74, 6) is -1.41. The number of hydrogen-bond acceptors (Lipinski definition) is 9. The molecule has 1 N–H and O–H groups in total. The lowest BCUT2D eigenvalue weighted by molar-refractivity contribution is -0.136. The van der Waals surface area contributed by atoms with E-state index in [0.29, 0.717) is 0 Å². The monoisotopic (exact) mass is 742 g/mol. The molecule has 14 heteroatoms. The molecule has 0 unspecified atom stereocenters. The normalized spacial score (nSPS) is 11.5. The summed E-state index contributed by atoms with van der Waals surface area (Å²) >= 11 is 3.36. The molecule has 0 saturated carbocycles. The minimum absolute atomic E-state index is 0.0260. The van der Waals surface area contributed by atoms with Crippen molar-refractivity contribution in [3.05, 3.63) is 79.4 Å². The van der Waals surface area contributed by atoms with E-state index >= 15 is 0 Å². The van der Waals surface area contributed by atoms with E-state index in [1.54, 1.807) is 51.2 Å². The van der Waals surface area contributed by atoms with E-state index in [1.165, 1.54) is 60.7 Å². The minimum Gasteiger partial charge on any atom is -0.744 e. The Labute approximate surface area is 228 Å². The molecule has 0 heterocycles. The predicted octanol–water partition coefficient (Wildman–Crippen LogP) is 2.90. The Hall–Kier alpha value is -2.28. The predicted molar refractivity (Wildman–Crippen MR) is 139 cm³/mol.